The van der Waals surface area contributed by atoms with E-state index in [9.17, 15) is 5.11 Å². The minimum atomic E-state index is -0.535. The van der Waals surface area contributed by atoms with Gasteiger partial charge in [-0.15, -0.1) is 0 Å². The molecule has 1 heteroatoms. The largest absolute Gasteiger partial charge is 0.386 e. The summed E-state index contributed by atoms with van der Waals surface area (Å²) in [6.07, 6.45) is 4.10. The molecule has 0 unspecified atom stereocenters. The van der Waals surface area contributed by atoms with Gasteiger partial charge >= 0.3 is 0 Å². The average Bonchev–Trinajstić information content (AvgIpc) is 1.95. The lowest BCUT2D eigenvalue weighted by Gasteiger charge is -2.35. The molecule has 1 rings (SSSR count). The minimum Gasteiger partial charge on any atom is -0.386 e. The number of aliphatic hydroxyl groups is 1. The number of rotatable bonds is 1. The molecule has 0 amide bonds. The molecule has 0 radical (unpaired) electrons. The van der Waals surface area contributed by atoms with E-state index in [1.807, 2.05) is 6.92 Å². The van der Waals surface area contributed by atoms with E-state index in [1.54, 1.807) is 0 Å². The smallest absolute Gasteiger partial charge is 0.0851 e. The predicted molar refractivity (Wildman–Crippen MR) is 47.4 cm³/mol. The van der Waals surface area contributed by atoms with Crippen molar-refractivity contribution in [2.24, 2.45) is 5.92 Å². The fourth-order valence-electron chi connectivity index (χ4n) is 1.67. The lowest BCUT2D eigenvalue weighted by molar-refractivity contribution is 0.0273. The van der Waals surface area contributed by atoms with Crippen LogP contribution in [0.2, 0.25) is 0 Å². The second-order valence-electron chi connectivity index (χ2n) is 3.99. The molecule has 0 saturated heterocycles. The van der Waals surface area contributed by atoms with Gasteiger partial charge in [-0.3, -0.25) is 0 Å². The summed E-state index contributed by atoms with van der Waals surface area (Å²) >= 11 is 0. The van der Waals surface area contributed by atoms with E-state index in [0.29, 0.717) is 0 Å². The minimum absolute atomic E-state index is 0.535. The van der Waals surface area contributed by atoms with Crippen molar-refractivity contribution in [1.82, 2.24) is 0 Å². The van der Waals surface area contributed by atoms with Gasteiger partial charge in [-0.2, -0.15) is 0 Å². The van der Waals surface area contributed by atoms with Gasteiger partial charge in [0.2, 0.25) is 0 Å². The van der Waals surface area contributed by atoms with E-state index in [-0.39, 0.29) is 0 Å². The molecule has 0 aliphatic heterocycles. The molecule has 0 aromatic heterocycles. The first kappa shape index (κ1) is 8.79. The van der Waals surface area contributed by atoms with Gasteiger partial charge in [0.25, 0.3) is 0 Å². The first-order valence-electron chi connectivity index (χ1n) is 4.43. The third-order valence-electron chi connectivity index (χ3n) is 2.90. The van der Waals surface area contributed by atoms with Gasteiger partial charge in [-0.05, 0) is 44.1 Å². The van der Waals surface area contributed by atoms with E-state index in [2.05, 4.69) is 13.5 Å². The van der Waals surface area contributed by atoms with Crippen LogP contribution in [-0.2, 0) is 0 Å². The van der Waals surface area contributed by atoms with E-state index in [4.69, 9.17) is 0 Å². The van der Waals surface area contributed by atoms with Crippen LogP contribution in [0, 0.1) is 5.92 Å². The SMILES string of the molecule is C=C(C)C1(O)CCC(C)CC1. The maximum Gasteiger partial charge on any atom is 0.0851 e. The molecule has 1 N–H and O–H groups in total. The Morgan fingerprint density at radius 3 is 2.27 bits per heavy atom. The number of hydrogen-bond donors (Lipinski definition) is 1. The zero-order valence-electron chi connectivity index (χ0n) is 7.56. The molecule has 1 nitrogen and oxygen atoms in total. The van der Waals surface area contributed by atoms with Crippen LogP contribution in [0.25, 0.3) is 0 Å². The van der Waals surface area contributed by atoms with Gasteiger partial charge in [-0.1, -0.05) is 13.5 Å². The Bertz CT molecular complexity index is 152. The van der Waals surface area contributed by atoms with Crippen LogP contribution in [-0.4, -0.2) is 10.7 Å². The molecule has 1 aliphatic carbocycles. The van der Waals surface area contributed by atoms with Crippen LogP contribution >= 0.6 is 0 Å². The predicted octanol–water partition coefficient (Wildman–Crippen LogP) is 2.50. The van der Waals surface area contributed by atoms with E-state index >= 15 is 0 Å². The Morgan fingerprint density at radius 1 is 1.45 bits per heavy atom. The number of hydrogen-bond acceptors (Lipinski definition) is 1. The van der Waals surface area contributed by atoms with Gasteiger partial charge in [0, 0.05) is 0 Å². The normalized spacial score (nSPS) is 38.6. The maximum atomic E-state index is 9.97. The summed E-state index contributed by atoms with van der Waals surface area (Å²) in [5.41, 5.74) is 0.399. The summed E-state index contributed by atoms with van der Waals surface area (Å²) in [5.74, 6) is 0.787. The molecule has 0 heterocycles. The maximum absolute atomic E-state index is 9.97. The van der Waals surface area contributed by atoms with Crippen molar-refractivity contribution in [1.29, 1.82) is 0 Å². The summed E-state index contributed by atoms with van der Waals surface area (Å²) in [6, 6.07) is 0. The summed E-state index contributed by atoms with van der Waals surface area (Å²) in [4.78, 5) is 0. The van der Waals surface area contributed by atoms with E-state index in [0.717, 1.165) is 37.2 Å². The Kier molecular flexibility index (Phi) is 2.38. The van der Waals surface area contributed by atoms with Gasteiger partial charge < -0.3 is 5.11 Å². The van der Waals surface area contributed by atoms with Gasteiger partial charge in [0.1, 0.15) is 0 Å². The van der Waals surface area contributed by atoms with Crippen LogP contribution in [0.4, 0.5) is 0 Å². The molecule has 1 aliphatic rings. The first-order chi connectivity index (χ1) is 5.04. The highest BCUT2D eigenvalue weighted by atomic mass is 16.3. The highest BCUT2D eigenvalue weighted by molar-refractivity contribution is 5.10. The molecular formula is C10H18O. The molecular weight excluding hydrogens is 136 g/mol. The van der Waals surface area contributed by atoms with Crippen LogP contribution in [0.3, 0.4) is 0 Å². The van der Waals surface area contributed by atoms with E-state index < -0.39 is 5.60 Å². The van der Waals surface area contributed by atoms with Crippen molar-refractivity contribution in [2.45, 2.75) is 45.1 Å². The third-order valence-corrected chi connectivity index (χ3v) is 2.90. The summed E-state index contributed by atoms with van der Waals surface area (Å²) in [7, 11) is 0. The topological polar surface area (TPSA) is 20.2 Å². The summed E-state index contributed by atoms with van der Waals surface area (Å²) < 4.78 is 0. The fourth-order valence-corrected chi connectivity index (χ4v) is 1.67. The van der Waals surface area contributed by atoms with Crippen molar-refractivity contribution in [2.75, 3.05) is 0 Å². The molecule has 0 aromatic rings. The zero-order chi connectivity index (χ0) is 8.48. The zero-order valence-corrected chi connectivity index (χ0v) is 7.56. The Labute approximate surface area is 69.1 Å². The first-order valence-corrected chi connectivity index (χ1v) is 4.43. The quantitative estimate of drug-likeness (QED) is 0.575. The average molecular weight is 154 g/mol. The van der Waals surface area contributed by atoms with Crippen molar-refractivity contribution in [3.63, 3.8) is 0 Å². The molecule has 0 spiro atoms. The molecule has 11 heavy (non-hydrogen) atoms. The Balaban J connectivity index is 2.55. The molecule has 0 bridgehead atoms. The van der Waals surface area contributed by atoms with Crippen molar-refractivity contribution in [3.8, 4) is 0 Å². The van der Waals surface area contributed by atoms with Crippen LogP contribution < -0.4 is 0 Å². The van der Waals surface area contributed by atoms with Crippen molar-refractivity contribution >= 4 is 0 Å². The fraction of sp³-hybridized carbons (Fsp3) is 0.800. The summed E-state index contributed by atoms with van der Waals surface area (Å²) in [5, 5.41) is 9.97. The monoisotopic (exact) mass is 154 g/mol. The summed E-state index contributed by atoms with van der Waals surface area (Å²) in [6.45, 7) is 8.00. The van der Waals surface area contributed by atoms with Crippen molar-refractivity contribution < 1.29 is 5.11 Å². The molecule has 64 valence electrons. The molecule has 1 fully saturated rings. The highest BCUT2D eigenvalue weighted by Gasteiger charge is 2.31. The third kappa shape index (κ3) is 1.84. The lowest BCUT2D eigenvalue weighted by Crippen LogP contribution is -2.34. The Morgan fingerprint density at radius 2 is 1.91 bits per heavy atom. The highest BCUT2D eigenvalue weighted by Crippen LogP contribution is 2.35. The van der Waals surface area contributed by atoms with Crippen molar-refractivity contribution in [3.05, 3.63) is 12.2 Å². The second kappa shape index (κ2) is 2.98. The molecule has 0 aromatic carbocycles. The molecule has 0 atom stereocenters. The second-order valence-corrected chi connectivity index (χ2v) is 3.99. The molecule has 1 saturated carbocycles. The Hall–Kier alpha value is -0.300. The van der Waals surface area contributed by atoms with Gasteiger partial charge in [0.05, 0.1) is 5.60 Å². The van der Waals surface area contributed by atoms with Crippen LogP contribution in [0.5, 0.6) is 0 Å². The van der Waals surface area contributed by atoms with Gasteiger partial charge in [-0.25, -0.2) is 0 Å². The lowest BCUT2D eigenvalue weighted by atomic mass is 9.76. The van der Waals surface area contributed by atoms with Crippen LogP contribution in [0.15, 0.2) is 12.2 Å². The van der Waals surface area contributed by atoms with Crippen LogP contribution in [0.1, 0.15) is 39.5 Å². The van der Waals surface area contributed by atoms with Gasteiger partial charge in [0.15, 0.2) is 0 Å². The standard InChI is InChI=1S/C10H18O/c1-8(2)10(11)6-4-9(3)5-7-10/h9,11H,1,4-7H2,2-3H3. The van der Waals surface area contributed by atoms with E-state index in [1.165, 1.54) is 0 Å².